The van der Waals surface area contributed by atoms with Crippen molar-refractivity contribution in [2.75, 3.05) is 34.8 Å². The summed E-state index contributed by atoms with van der Waals surface area (Å²) in [6.07, 6.45) is 0. The van der Waals surface area contributed by atoms with Gasteiger partial charge >= 0.3 is 0 Å². The Morgan fingerprint density at radius 1 is 0.722 bits per heavy atom. The molecule has 0 unspecified atom stereocenters. The maximum absolute atomic E-state index is 12.5. The van der Waals surface area contributed by atoms with E-state index in [-0.39, 0.29) is 9.79 Å². The van der Waals surface area contributed by atoms with E-state index < -0.39 is 20.2 Å². The third-order valence-corrected chi connectivity index (χ3v) is 11.3. The number of aromatic nitrogens is 2. The summed E-state index contributed by atoms with van der Waals surface area (Å²) in [7, 11) is -9.14. The minimum Gasteiger partial charge on any atom is -0.744 e. The normalized spacial score (nSPS) is 12.0. The molecule has 54 heavy (non-hydrogen) atoms. The molecule has 0 aliphatic carbocycles. The topological polar surface area (TPSA) is 147 Å². The van der Waals surface area contributed by atoms with Crippen LogP contribution in [0.15, 0.2) is 131 Å². The van der Waals surface area contributed by atoms with E-state index in [4.69, 9.17) is 4.98 Å². The number of anilines is 4. The Labute approximate surface area is 314 Å². The smallest absolute Gasteiger partial charge is 0.294 e. The fourth-order valence-corrected chi connectivity index (χ4v) is 8.28. The van der Waals surface area contributed by atoms with Crippen molar-refractivity contribution in [1.29, 1.82) is 0 Å². The van der Waals surface area contributed by atoms with Gasteiger partial charge in [-0.3, -0.25) is 4.55 Å². The maximum atomic E-state index is 12.5. The van der Waals surface area contributed by atoms with Gasteiger partial charge in [0.1, 0.15) is 21.2 Å². The summed E-state index contributed by atoms with van der Waals surface area (Å²) in [5, 5.41) is 5.16. The molecule has 0 atom stereocenters. The molecule has 0 saturated heterocycles. The van der Waals surface area contributed by atoms with E-state index in [1.54, 1.807) is 18.2 Å². The second-order valence-electron chi connectivity index (χ2n) is 12.9. The monoisotopic (exact) mass is 761 g/mol. The molecule has 13 heteroatoms. The Morgan fingerprint density at radius 2 is 1.43 bits per heavy atom. The van der Waals surface area contributed by atoms with Crippen LogP contribution in [0.5, 0.6) is 0 Å². The maximum Gasteiger partial charge on any atom is 0.294 e. The molecule has 0 amide bonds. The Hall–Kier alpha value is -5.60. The molecule has 7 rings (SSSR count). The first-order chi connectivity index (χ1) is 25.9. The number of nitrogens with zero attached hydrogens (tertiary/aromatic N) is 4. The molecule has 0 bridgehead atoms. The summed E-state index contributed by atoms with van der Waals surface area (Å²) < 4.78 is 73.0. The Kier molecular flexibility index (Phi) is 9.98. The van der Waals surface area contributed by atoms with Crippen LogP contribution >= 0.6 is 0 Å². The van der Waals surface area contributed by atoms with Crippen LogP contribution in [0.4, 0.5) is 22.7 Å². The lowest BCUT2D eigenvalue weighted by Crippen LogP contribution is -2.33. The van der Waals surface area contributed by atoms with Crippen molar-refractivity contribution >= 4 is 75.8 Å². The predicted molar refractivity (Wildman–Crippen MR) is 213 cm³/mol. The predicted octanol–water partition coefficient (Wildman–Crippen LogP) is 7.59. The molecule has 0 aliphatic heterocycles. The van der Waals surface area contributed by atoms with Crippen molar-refractivity contribution in [1.82, 2.24) is 4.98 Å². The van der Waals surface area contributed by atoms with Gasteiger partial charge in [-0.05, 0) is 68.8 Å². The molecule has 7 aromatic rings. The molecular formula is C41H39N5O6S2. The second-order valence-corrected chi connectivity index (χ2v) is 15.6. The Morgan fingerprint density at radius 3 is 2.11 bits per heavy atom. The van der Waals surface area contributed by atoms with Gasteiger partial charge in [0.25, 0.3) is 10.1 Å². The number of para-hydroxylation sites is 1. The van der Waals surface area contributed by atoms with Crippen LogP contribution in [0, 0.1) is 0 Å². The largest absolute Gasteiger partial charge is 0.744 e. The average Bonchev–Trinajstić information content (AvgIpc) is 3.16. The zero-order chi connectivity index (χ0) is 38.2. The van der Waals surface area contributed by atoms with E-state index in [2.05, 4.69) is 20.9 Å². The van der Waals surface area contributed by atoms with Gasteiger partial charge < -0.3 is 19.7 Å². The number of rotatable bonds is 12. The van der Waals surface area contributed by atoms with Crippen molar-refractivity contribution in [3.63, 3.8) is 0 Å². The highest BCUT2D eigenvalue weighted by Crippen LogP contribution is 2.36. The van der Waals surface area contributed by atoms with Gasteiger partial charge in [0.2, 0.25) is 16.7 Å². The lowest BCUT2D eigenvalue weighted by molar-refractivity contribution is -0.538. The highest BCUT2D eigenvalue weighted by Gasteiger charge is 2.24. The van der Waals surface area contributed by atoms with E-state index in [0.717, 1.165) is 49.8 Å². The van der Waals surface area contributed by atoms with Crippen LogP contribution in [-0.4, -0.2) is 50.6 Å². The van der Waals surface area contributed by atoms with Crippen LogP contribution in [0.3, 0.4) is 0 Å². The van der Waals surface area contributed by atoms with Gasteiger partial charge in [-0.25, -0.2) is 13.4 Å². The van der Waals surface area contributed by atoms with Gasteiger partial charge in [-0.15, -0.1) is 4.57 Å². The van der Waals surface area contributed by atoms with Gasteiger partial charge in [0.05, 0.1) is 21.2 Å². The highest BCUT2D eigenvalue weighted by molar-refractivity contribution is 7.86. The van der Waals surface area contributed by atoms with E-state index >= 15 is 0 Å². The molecule has 0 saturated carbocycles. The number of nitrogens with one attached hydrogen (secondary N) is 1. The van der Waals surface area contributed by atoms with Crippen LogP contribution in [-0.2, 0) is 26.8 Å². The van der Waals surface area contributed by atoms with Gasteiger partial charge in [-0.2, -0.15) is 8.42 Å². The van der Waals surface area contributed by atoms with Crippen molar-refractivity contribution in [3.05, 3.63) is 127 Å². The minimum atomic E-state index is -4.79. The van der Waals surface area contributed by atoms with Crippen LogP contribution in [0.25, 0.3) is 38.5 Å². The molecule has 2 N–H and O–H groups in total. The SMILES string of the molecule is CCN(Cc1cccc(S(=O)(=O)O)c1)c1ccc2nc3c4ccccc4c(Nc4ccc(N(CC)CC)c(S(=O)(=O)[O-])c4)cc3[n+](-c3ccccc3)c2c1. The zero-order valence-electron chi connectivity index (χ0n) is 30.0. The fourth-order valence-electron chi connectivity index (χ4n) is 7.01. The quantitative estimate of drug-likeness (QED) is 0.0553. The molecule has 1 aromatic heterocycles. The van der Waals surface area contributed by atoms with E-state index in [1.807, 2.05) is 105 Å². The zero-order valence-corrected chi connectivity index (χ0v) is 31.6. The second kappa shape index (κ2) is 14.7. The van der Waals surface area contributed by atoms with Gasteiger partial charge in [0, 0.05) is 72.6 Å². The van der Waals surface area contributed by atoms with Crippen LogP contribution in [0.2, 0.25) is 0 Å². The molecule has 0 radical (unpaired) electrons. The van der Waals surface area contributed by atoms with Crippen LogP contribution < -0.4 is 19.7 Å². The molecule has 0 aliphatic rings. The summed E-state index contributed by atoms with van der Waals surface area (Å²) in [5.41, 5.74) is 7.12. The average molecular weight is 762 g/mol. The van der Waals surface area contributed by atoms with Gasteiger partial charge in [-0.1, -0.05) is 54.6 Å². The molecule has 6 aromatic carbocycles. The van der Waals surface area contributed by atoms with Crippen molar-refractivity contribution in [3.8, 4) is 5.69 Å². The van der Waals surface area contributed by atoms with Crippen LogP contribution in [0.1, 0.15) is 26.3 Å². The summed E-state index contributed by atoms with van der Waals surface area (Å²) >= 11 is 0. The third kappa shape index (κ3) is 7.18. The summed E-state index contributed by atoms with van der Waals surface area (Å²) in [4.78, 5) is 8.70. The number of fused-ring (bicyclic) bond motifs is 4. The first-order valence-corrected chi connectivity index (χ1v) is 20.4. The summed E-state index contributed by atoms with van der Waals surface area (Å²) in [6.45, 7) is 7.92. The molecule has 276 valence electrons. The molecule has 1 heterocycles. The molecule has 11 nitrogen and oxygen atoms in total. The Bertz CT molecular complexity index is 2760. The van der Waals surface area contributed by atoms with Crippen molar-refractivity contribution in [2.24, 2.45) is 0 Å². The minimum absolute atomic E-state index is 0.158. The molecule has 0 fully saturated rings. The first-order valence-electron chi connectivity index (χ1n) is 17.6. The van der Waals surface area contributed by atoms with E-state index in [1.165, 1.54) is 18.2 Å². The lowest BCUT2D eigenvalue weighted by Gasteiger charge is -2.25. The number of hydrogen-bond donors (Lipinski definition) is 2. The van der Waals surface area contributed by atoms with E-state index in [9.17, 15) is 25.9 Å². The summed E-state index contributed by atoms with van der Waals surface area (Å²) in [5.74, 6) is 0. The van der Waals surface area contributed by atoms with Gasteiger partial charge in [0.15, 0.2) is 0 Å². The number of benzene rings is 6. The third-order valence-electron chi connectivity index (χ3n) is 9.61. The fraction of sp³-hybridized carbons (Fsp3) is 0.171. The first kappa shape index (κ1) is 36.7. The lowest BCUT2D eigenvalue weighted by atomic mass is 10.0. The molecular weight excluding hydrogens is 723 g/mol. The van der Waals surface area contributed by atoms with Crippen molar-refractivity contribution in [2.45, 2.75) is 37.1 Å². The molecule has 0 spiro atoms. The highest BCUT2D eigenvalue weighted by atomic mass is 32.2. The van der Waals surface area contributed by atoms with E-state index in [0.29, 0.717) is 43.2 Å². The summed E-state index contributed by atoms with van der Waals surface area (Å²) in [6, 6.07) is 36.9. The Balaban J connectivity index is 1.42. The number of hydrogen-bond acceptors (Lipinski definition) is 9. The standard InChI is InChI=1S/C41H39N5O6S2/c1-4-44(5-2)37-22-19-29(24-40(37)54(50,51)52)42-36-26-39-41(34-18-11-10-17-33(34)36)43-35-21-20-31(25-38(35)46(39)30-14-8-7-9-15-30)45(6-3)27-28-13-12-16-32(23-28)53(47,48)49/h7-26H,4-6,27H2,1-3H3,(H2,47,48,49,50,51,52). The van der Waals surface area contributed by atoms with Crippen molar-refractivity contribution < 1.29 is 30.5 Å².